The van der Waals surface area contributed by atoms with E-state index in [0.29, 0.717) is 13.1 Å². The van der Waals surface area contributed by atoms with Crippen molar-refractivity contribution < 1.29 is 17.6 Å². The van der Waals surface area contributed by atoms with Crippen LogP contribution < -0.4 is 5.32 Å². The van der Waals surface area contributed by atoms with Gasteiger partial charge in [-0.2, -0.15) is 4.31 Å². The first-order valence-electron chi connectivity index (χ1n) is 7.86. The van der Waals surface area contributed by atoms with Gasteiger partial charge in [0.15, 0.2) is 0 Å². The second kappa shape index (κ2) is 7.52. The lowest BCUT2D eigenvalue weighted by atomic mass is 10.2. The average molecular weight is 417 g/mol. The number of carbonyl (C=O) groups is 1. The smallest absolute Gasteiger partial charge is 0.255 e. The fraction of sp³-hybridized carbons (Fsp3) is 0.235. The van der Waals surface area contributed by atoms with E-state index in [1.807, 2.05) is 0 Å². The molecule has 9 heteroatoms. The molecule has 0 aliphatic carbocycles. The highest BCUT2D eigenvalue weighted by Crippen LogP contribution is 2.30. The maximum absolute atomic E-state index is 14.1. The van der Waals surface area contributed by atoms with E-state index in [2.05, 4.69) is 5.32 Å². The van der Waals surface area contributed by atoms with Gasteiger partial charge in [-0.05, 0) is 43.2 Å². The highest BCUT2D eigenvalue weighted by Gasteiger charge is 2.30. The molecule has 2 aromatic rings. The van der Waals surface area contributed by atoms with Gasteiger partial charge in [0.25, 0.3) is 5.91 Å². The lowest BCUT2D eigenvalue weighted by molar-refractivity contribution is 0.102. The molecule has 138 valence electrons. The Balaban J connectivity index is 1.92. The Morgan fingerprint density at radius 3 is 2.50 bits per heavy atom. The van der Waals surface area contributed by atoms with E-state index < -0.39 is 26.6 Å². The molecule has 1 fully saturated rings. The quantitative estimate of drug-likeness (QED) is 0.812. The third-order valence-electron chi connectivity index (χ3n) is 4.08. The molecule has 1 heterocycles. The first-order chi connectivity index (χ1) is 12.3. The number of benzene rings is 2. The Morgan fingerprint density at radius 2 is 1.81 bits per heavy atom. The Labute approximate surface area is 160 Å². The maximum Gasteiger partial charge on any atom is 0.255 e. The predicted molar refractivity (Wildman–Crippen MR) is 98.8 cm³/mol. The zero-order chi connectivity index (χ0) is 18.9. The van der Waals surface area contributed by atoms with Crippen LogP contribution in [0, 0.1) is 5.82 Å². The molecule has 0 radical (unpaired) electrons. The number of amides is 1. The van der Waals surface area contributed by atoms with Crippen LogP contribution in [0.2, 0.25) is 10.0 Å². The van der Waals surface area contributed by atoms with E-state index in [4.69, 9.17) is 23.2 Å². The molecule has 0 atom stereocenters. The van der Waals surface area contributed by atoms with Gasteiger partial charge in [-0.25, -0.2) is 12.8 Å². The van der Waals surface area contributed by atoms with E-state index >= 15 is 0 Å². The summed E-state index contributed by atoms with van der Waals surface area (Å²) < 4.78 is 40.6. The number of anilines is 1. The van der Waals surface area contributed by atoms with Gasteiger partial charge in [-0.1, -0.05) is 29.3 Å². The Hall–Kier alpha value is -1.67. The molecular weight excluding hydrogens is 402 g/mol. The molecule has 0 bridgehead atoms. The highest BCUT2D eigenvalue weighted by atomic mass is 35.5. The third kappa shape index (κ3) is 3.71. The van der Waals surface area contributed by atoms with Crippen molar-refractivity contribution in [3.05, 3.63) is 57.8 Å². The van der Waals surface area contributed by atoms with E-state index in [-0.39, 0.29) is 21.3 Å². The van der Waals surface area contributed by atoms with Gasteiger partial charge in [0.1, 0.15) is 10.7 Å². The lowest BCUT2D eigenvalue weighted by Gasteiger charge is -2.16. The second-order valence-electron chi connectivity index (χ2n) is 5.81. The fourth-order valence-corrected chi connectivity index (χ4v) is 4.66. The van der Waals surface area contributed by atoms with Crippen LogP contribution in [-0.2, 0) is 10.0 Å². The van der Waals surface area contributed by atoms with Crippen LogP contribution in [0.15, 0.2) is 41.3 Å². The van der Waals surface area contributed by atoms with Gasteiger partial charge in [0, 0.05) is 18.7 Å². The molecular formula is C17H15Cl2FN2O3S. The summed E-state index contributed by atoms with van der Waals surface area (Å²) in [7, 11) is -3.98. The van der Waals surface area contributed by atoms with Crippen LogP contribution in [0.4, 0.5) is 10.1 Å². The van der Waals surface area contributed by atoms with Gasteiger partial charge >= 0.3 is 0 Å². The molecule has 1 saturated heterocycles. The van der Waals surface area contributed by atoms with Crippen LogP contribution in [0.25, 0.3) is 0 Å². The largest absolute Gasteiger partial charge is 0.321 e. The first kappa shape index (κ1) is 19.1. The van der Waals surface area contributed by atoms with E-state index in [9.17, 15) is 17.6 Å². The van der Waals surface area contributed by atoms with Crippen molar-refractivity contribution in [1.82, 2.24) is 4.31 Å². The lowest BCUT2D eigenvalue weighted by Crippen LogP contribution is -2.29. The number of halogens is 3. The Morgan fingerprint density at radius 1 is 1.12 bits per heavy atom. The van der Waals surface area contributed by atoms with Crippen LogP contribution in [-0.4, -0.2) is 31.7 Å². The molecule has 0 saturated carbocycles. The number of nitrogens with one attached hydrogen (secondary N) is 1. The summed E-state index contributed by atoms with van der Waals surface area (Å²) in [6, 6.07) is 7.95. The normalized spacial score (nSPS) is 15.2. The van der Waals surface area contributed by atoms with Crippen molar-refractivity contribution in [1.29, 1.82) is 0 Å². The van der Waals surface area contributed by atoms with Crippen molar-refractivity contribution in [3.8, 4) is 0 Å². The minimum atomic E-state index is -3.98. The van der Waals surface area contributed by atoms with Crippen molar-refractivity contribution in [2.75, 3.05) is 18.4 Å². The van der Waals surface area contributed by atoms with Gasteiger partial charge in [-0.15, -0.1) is 0 Å². The minimum Gasteiger partial charge on any atom is -0.321 e. The number of hydrogen-bond donors (Lipinski definition) is 1. The molecule has 1 aliphatic rings. The molecule has 0 spiro atoms. The topological polar surface area (TPSA) is 66.5 Å². The van der Waals surface area contributed by atoms with E-state index in [1.165, 1.54) is 10.4 Å². The summed E-state index contributed by atoms with van der Waals surface area (Å²) in [6.45, 7) is 0.687. The van der Waals surface area contributed by atoms with E-state index in [1.54, 1.807) is 18.2 Å². The molecule has 2 aromatic carbocycles. The summed E-state index contributed by atoms with van der Waals surface area (Å²) >= 11 is 11.9. The van der Waals surface area contributed by atoms with Crippen LogP contribution in [0.5, 0.6) is 0 Å². The molecule has 26 heavy (non-hydrogen) atoms. The fourth-order valence-electron chi connectivity index (χ4n) is 2.70. The number of rotatable bonds is 4. The summed E-state index contributed by atoms with van der Waals surface area (Å²) in [4.78, 5) is 11.9. The summed E-state index contributed by atoms with van der Waals surface area (Å²) in [5.74, 6) is -1.51. The van der Waals surface area contributed by atoms with Crippen LogP contribution in [0.1, 0.15) is 23.2 Å². The van der Waals surface area contributed by atoms with Crippen molar-refractivity contribution in [3.63, 3.8) is 0 Å². The third-order valence-corrected chi connectivity index (χ3v) is 6.81. The highest BCUT2D eigenvalue weighted by molar-refractivity contribution is 7.89. The molecule has 1 amide bonds. The van der Waals surface area contributed by atoms with Gasteiger partial charge in [0.05, 0.1) is 15.7 Å². The van der Waals surface area contributed by atoms with Crippen molar-refractivity contribution in [2.45, 2.75) is 17.7 Å². The summed E-state index contributed by atoms with van der Waals surface area (Å²) in [5, 5.41) is 2.98. The standard InChI is InChI=1S/C17H15Cl2FN2O3S/c18-12-4-3-5-14(16(12)19)21-17(23)11-6-7-13(20)15(10-11)26(24,25)22-8-1-2-9-22/h3-7,10H,1-2,8-9H2,(H,21,23). The first-order valence-corrected chi connectivity index (χ1v) is 10.1. The number of carbonyl (C=O) groups excluding carboxylic acids is 1. The van der Waals surface area contributed by atoms with Gasteiger partial charge in [0.2, 0.25) is 10.0 Å². The molecule has 1 N–H and O–H groups in total. The molecule has 3 rings (SSSR count). The number of sulfonamides is 1. The Kier molecular flexibility index (Phi) is 5.53. The van der Waals surface area contributed by atoms with Crippen LogP contribution >= 0.6 is 23.2 Å². The zero-order valence-electron chi connectivity index (χ0n) is 13.5. The van der Waals surface area contributed by atoms with Crippen molar-refractivity contribution in [2.24, 2.45) is 0 Å². The Bertz CT molecular complexity index is 960. The maximum atomic E-state index is 14.1. The number of hydrogen-bond acceptors (Lipinski definition) is 3. The van der Waals surface area contributed by atoms with Gasteiger partial charge < -0.3 is 5.32 Å². The molecule has 1 aliphatic heterocycles. The molecule has 0 unspecified atom stereocenters. The minimum absolute atomic E-state index is 0.000198. The zero-order valence-corrected chi connectivity index (χ0v) is 15.8. The summed E-state index contributed by atoms with van der Waals surface area (Å²) in [6.07, 6.45) is 1.46. The summed E-state index contributed by atoms with van der Waals surface area (Å²) in [5.41, 5.74) is 0.276. The SMILES string of the molecule is O=C(Nc1cccc(Cl)c1Cl)c1ccc(F)c(S(=O)(=O)N2CCCC2)c1. The van der Waals surface area contributed by atoms with Gasteiger partial charge in [-0.3, -0.25) is 4.79 Å². The van der Waals surface area contributed by atoms with E-state index in [0.717, 1.165) is 25.0 Å². The average Bonchev–Trinajstić information content (AvgIpc) is 3.14. The predicted octanol–water partition coefficient (Wildman–Crippen LogP) is 4.17. The second-order valence-corrected chi connectivity index (χ2v) is 8.50. The van der Waals surface area contributed by atoms with Crippen LogP contribution in [0.3, 0.4) is 0 Å². The monoisotopic (exact) mass is 416 g/mol. The number of nitrogens with zero attached hydrogens (tertiary/aromatic N) is 1. The molecule has 5 nitrogen and oxygen atoms in total. The van der Waals surface area contributed by atoms with Crippen molar-refractivity contribution >= 4 is 44.8 Å². The molecule has 0 aromatic heterocycles.